The van der Waals surface area contributed by atoms with Gasteiger partial charge in [0.25, 0.3) is 0 Å². The third kappa shape index (κ3) is 12.2. The molecule has 0 aromatic carbocycles. The summed E-state index contributed by atoms with van der Waals surface area (Å²) in [7, 11) is 0. The molecule has 0 aliphatic carbocycles. The number of allylic oxidation sites excluding steroid dienone is 5. The van der Waals surface area contributed by atoms with Crippen molar-refractivity contribution in [3.63, 3.8) is 0 Å². The van der Waals surface area contributed by atoms with E-state index in [1.54, 1.807) is 0 Å². The predicted molar refractivity (Wildman–Crippen MR) is 56.5 cm³/mol. The average Bonchev–Trinajstić information content (AvgIpc) is 2.11. The zero-order valence-electron chi connectivity index (χ0n) is 9.71. The fourth-order valence-electron chi connectivity index (χ4n) is 1.03. The SMILES string of the molecule is C=CC(C/C=C\[CH2-])CC/C=C/[CH2-].[Li+].[Li+]. The van der Waals surface area contributed by atoms with E-state index in [0.29, 0.717) is 5.92 Å². The van der Waals surface area contributed by atoms with Crippen LogP contribution in [-0.2, 0) is 0 Å². The summed E-state index contributed by atoms with van der Waals surface area (Å²) in [5.74, 6) is 0.583. The summed E-state index contributed by atoms with van der Waals surface area (Å²) in [4.78, 5) is 0. The molecule has 0 heterocycles. The van der Waals surface area contributed by atoms with Gasteiger partial charge in [0, 0.05) is 0 Å². The Labute approximate surface area is 113 Å². The monoisotopic (exact) mass is 176 g/mol. The Morgan fingerprint density at radius 3 is 2.07 bits per heavy atom. The smallest absolute Gasteiger partial charge is 0.245 e. The second-order valence-corrected chi connectivity index (χ2v) is 2.75. The summed E-state index contributed by atoms with van der Waals surface area (Å²) in [5.41, 5.74) is 0. The van der Waals surface area contributed by atoms with Crippen LogP contribution >= 0.6 is 0 Å². The first-order valence-electron chi connectivity index (χ1n) is 4.36. The molecule has 0 N–H and O–H groups in total. The van der Waals surface area contributed by atoms with Gasteiger partial charge >= 0.3 is 37.7 Å². The van der Waals surface area contributed by atoms with Gasteiger partial charge in [0.15, 0.2) is 0 Å². The molecule has 1 unspecified atom stereocenters. The normalized spacial score (nSPS) is 12.0. The molecule has 1 atom stereocenters. The zero-order valence-corrected chi connectivity index (χ0v) is 9.71. The first-order chi connectivity index (χ1) is 5.85. The van der Waals surface area contributed by atoms with Gasteiger partial charge < -0.3 is 0 Å². The molecular weight excluding hydrogens is 158 g/mol. The van der Waals surface area contributed by atoms with E-state index in [1.165, 1.54) is 0 Å². The molecule has 0 saturated heterocycles. The maximum atomic E-state index is 3.80. The average molecular weight is 176 g/mol. The van der Waals surface area contributed by atoms with Crippen LogP contribution in [0, 0.1) is 19.8 Å². The van der Waals surface area contributed by atoms with Gasteiger partial charge in [-0.15, -0.1) is 13.0 Å². The van der Waals surface area contributed by atoms with E-state index in [-0.39, 0.29) is 37.7 Å². The molecule has 0 aliphatic rings. The second-order valence-electron chi connectivity index (χ2n) is 2.75. The first kappa shape index (κ1) is 19.7. The van der Waals surface area contributed by atoms with E-state index in [2.05, 4.69) is 32.6 Å². The molecule has 0 aromatic heterocycles. The fourth-order valence-corrected chi connectivity index (χ4v) is 1.03. The first-order valence-corrected chi connectivity index (χ1v) is 4.36. The Morgan fingerprint density at radius 2 is 1.64 bits per heavy atom. The van der Waals surface area contributed by atoms with E-state index in [0.717, 1.165) is 19.3 Å². The minimum Gasteiger partial charge on any atom is -0.245 e. The summed E-state index contributed by atoms with van der Waals surface area (Å²) in [6.45, 7) is 11.1. The maximum absolute atomic E-state index is 3.80. The van der Waals surface area contributed by atoms with Crippen molar-refractivity contribution < 1.29 is 37.7 Å². The Hall–Kier alpha value is 0.155. The second kappa shape index (κ2) is 15.6. The van der Waals surface area contributed by atoms with E-state index in [4.69, 9.17) is 0 Å². The van der Waals surface area contributed by atoms with Crippen molar-refractivity contribution in [3.8, 4) is 0 Å². The summed E-state index contributed by atoms with van der Waals surface area (Å²) < 4.78 is 0. The molecule has 2 heteroatoms. The summed E-state index contributed by atoms with van der Waals surface area (Å²) in [6, 6.07) is 0. The van der Waals surface area contributed by atoms with Crippen molar-refractivity contribution in [2.45, 2.75) is 19.3 Å². The summed E-state index contributed by atoms with van der Waals surface area (Å²) in [6.07, 6.45) is 13.2. The minimum atomic E-state index is 0. The summed E-state index contributed by atoms with van der Waals surface area (Å²) >= 11 is 0. The molecule has 0 aromatic rings. The van der Waals surface area contributed by atoms with Crippen molar-refractivity contribution in [2.24, 2.45) is 5.92 Å². The van der Waals surface area contributed by atoms with Crippen LogP contribution < -0.4 is 37.7 Å². The zero-order chi connectivity index (χ0) is 9.23. The molecule has 14 heavy (non-hydrogen) atoms. The third-order valence-corrected chi connectivity index (χ3v) is 1.81. The number of rotatable bonds is 6. The fraction of sp³-hybridized carbons (Fsp3) is 0.333. The van der Waals surface area contributed by atoms with E-state index in [9.17, 15) is 0 Å². The van der Waals surface area contributed by atoms with Gasteiger partial charge in [-0.3, -0.25) is 0 Å². The van der Waals surface area contributed by atoms with Gasteiger partial charge in [-0.25, -0.2) is 38.2 Å². The quantitative estimate of drug-likeness (QED) is 0.243. The van der Waals surface area contributed by atoms with Gasteiger partial charge in [0.2, 0.25) is 0 Å². The molecule has 0 amide bonds. The van der Waals surface area contributed by atoms with Crippen LogP contribution in [0.3, 0.4) is 0 Å². The Morgan fingerprint density at radius 1 is 1.07 bits per heavy atom. The molecule has 0 spiro atoms. The number of hydrogen-bond acceptors (Lipinski definition) is 0. The van der Waals surface area contributed by atoms with Crippen LogP contribution in [0.25, 0.3) is 0 Å². The van der Waals surface area contributed by atoms with E-state index < -0.39 is 0 Å². The summed E-state index contributed by atoms with van der Waals surface area (Å²) in [5, 5.41) is 0. The largest absolute Gasteiger partial charge is 1.00 e. The van der Waals surface area contributed by atoms with Gasteiger partial charge in [-0.1, -0.05) is 18.9 Å². The molecule has 0 bridgehead atoms. The Balaban J connectivity index is -0.000000605. The molecule has 0 fully saturated rings. The van der Waals surface area contributed by atoms with Crippen LogP contribution in [0.2, 0.25) is 0 Å². The Kier molecular flexibility index (Phi) is 22.0. The topological polar surface area (TPSA) is 0 Å². The van der Waals surface area contributed by atoms with Gasteiger partial charge in [0.1, 0.15) is 0 Å². The van der Waals surface area contributed by atoms with Crippen LogP contribution in [-0.4, -0.2) is 0 Å². The maximum Gasteiger partial charge on any atom is 1.00 e. The van der Waals surface area contributed by atoms with Gasteiger partial charge in [-0.2, -0.15) is 0 Å². The molecule has 68 valence electrons. The van der Waals surface area contributed by atoms with Crippen molar-refractivity contribution in [2.75, 3.05) is 0 Å². The molecule has 0 rings (SSSR count). The van der Waals surface area contributed by atoms with Crippen LogP contribution in [0.1, 0.15) is 19.3 Å². The predicted octanol–water partition coefficient (Wildman–Crippen LogP) is -2.25. The minimum absolute atomic E-state index is 0. The molecule has 0 aliphatic heterocycles. The number of hydrogen-bond donors (Lipinski definition) is 0. The Bertz CT molecular complexity index is 160. The van der Waals surface area contributed by atoms with Crippen molar-refractivity contribution in [1.82, 2.24) is 0 Å². The van der Waals surface area contributed by atoms with Crippen LogP contribution in [0.4, 0.5) is 0 Å². The van der Waals surface area contributed by atoms with Gasteiger partial charge in [0.05, 0.1) is 0 Å². The van der Waals surface area contributed by atoms with Crippen molar-refractivity contribution >= 4 is 0 Å². The van der Waals surface area contributed by atoms with Crippen molar-refractivity contribution in [3.05, 3.63) is 50.8 Å². The molecule has 0 saturated carbocycles. The molecule has 0 nitrogen and oxygen atoms in total. The standard InChI is InChI=1S/C12H18.2Li/c1-4-7-9-11-12(6-3)10-8-5-2;;/h4-8,12H,1-3,9-11H2;;/q-2;2*+1/b7-4+,8-5-;;. The van der Waals surface area contributed by atoms with Crippen LogP contribution in [0.15, 0.2) is 37.0 Å². The van der Waals surface area contributed by atoms with Gasteiger partial charge in [-0.05, 0) is 5.92 Å². The van der Waals surface area contributed by atoms with Crippen molar-refractivity contribution in [1.29, 1.82) is 0 Å². The van der Waals surface area contributed by atoms with E-state index in [1.807, 2.05) is 18.2 Å². The molecule has 0 radical (unpaired) electrons. The van der Waals surface area contributed by atoms with Crippen LogP contribution in [0.5, 0.6) is 0 Å². The van der Waals surface area contributed by atoms with E-state index >= 15 is 0 Å². The third-order valence-electron chi connectivity index (χ3n) is 1.81. The molecular formula is C12H18Li2.